The first-order valence-electron chi connectivity index (χ1n) is 17.2. The lowest BCUT2D eigenvalue weighted by atomic mass is 9.85. The van der Waals surface area contributed by atoms with Gasteiger partial charge < -0.3 is 4.74 Å². The lowest BCUT2D eigenvalue weighted by Crippen LogP contribution is -2.36. The zero-order chi connectivity index (χ0) is 30.8. The zero-order valence-corrected chi connectivity index (χ0v) is 28.2. The van der Waals surface area contributed by atoms with Crippen LogP contribution in [0.4, 0.5) is 5.69 Å². The molecule has 0 aromatic heterocycles. The molecule has 1 heterocycles. The third kappa shape index (κ3) is 9.56. The van der Waals surface area contributed by atoms with Gasteiger partial charge in [-0.2, -0.15) is 0 Å². The summed E-state index contributed by atoms with van der Waals surface area (Å²) in [4.78, 5) is 5.29. The smallest absolute Gasteiger partial charge is 0.126 e. The van der Waals surface area contributed by atoms with Crippen LogP contribution >= 0.6 is 0 Å². The van der Waals surface area contributed by atoms with E-state index in [9.17, 15) is 0 Å². The molecule has 43 heavy (non-hydrogen) atoms. The van der Waals surface area contributed by atoms with E-state index in [1.54, 1.807) is 0 Å². The summed E-state index contributed by atoms with van der Waals surface area (Å²) >= 11 is 0. The molecule has 4 rings (SSSR count). The van der Waals surface area contributed by atoms with Crippen molar-refractivity contribution in [3.05, 3.63) is 94.5 Å². The van der Waals surface area contributed by atoms with Gasteiger partial charge in [-0.05, 0) is 87.0 Å². The van der Waals surface area contributed by atoms with Crippen molar-refractivity contribution < 1.29 is 4.74 Å². The zero-order valence-electron chi connectivity index (χ0n) is 28.2. The summed E-state index contributed by atoms with van der Waals surface area (Å²) in [6.07, 6.45) is 14.1. The minimum absolute atomic E-state index is 0.0845. The number of aliphatic imine (C=N–C) groups is 1. The molecule has 0 saturated heterocycles. The van der Waals surface area contributed by atoms with E-state index in [0.717, 1.165) is 65.3 Å². The third-order valence-electron chi connectivity index (χ3n) is 9.76. The molecule has 3 aromatic carbocycles. The van der Waals surface area contributed by atoms with Crippen LogP contribution in [0, 0.1) is 31.6 Å². The van der Waals surface area contributed by atoms with Crippen LogP contribution in [0.2, 0.25) is 0 Å². The summed E-state index contributed by atoms with van der Waals surface area (Å²) in [7, 11) is 0. The number of hydrogen-bond acceptors (Lipinski definition) is 2. The van der Waals surface area contributed by atoms with Crippen molar-refractivity contribution in [3.63, 3.8) is 0 Å². The molecule has 0 amide bonds. The van der Waals surface area contributed by atoms with Gasteiger partial charge in [0.25, 0.3) is 0 Å². The summed E-state index contributed by atoms with van der Waals surface area (Å²) in [5, 5.41) is 0. The Hall–Kier alpha value is -2.87. The first-order chi connectivity index (χ1) is 20.6. The molecule has 0 N–H and O–H groups in total. The van der Waals surface area contributed by atoms with Crippen LogP contribution in [0.1, 0.15) is 127 Å². The van der Waals surface area contributed by atoms with Crippen molar-refractivity contribution >= 4 is 11.4 Å². The van der Waals surface area contributed by atoms with Gasteiger partial charge in [-0.1, -0.05) is 133 Å². The Morgan fingerprint density at radius 2 is 1.28 bits per heavy atom. The van der Waals surface area contributed by atoms with Crippen molar-refractivity contribution in [1.29, 1.82) is 0 Å². The minimum Gasteiger partial charge on any atom is -0.487 e. The largest absolute Gasteiger partial charge is 0.487 e. The summed E-state index contributed by atoms with van der Waals surface area (Å²) in [6.45, 7) is 16.3. The van der Waals surface area contributed by atoms with Crippen LogP contribution in [0.5, 0.6) is 5.75 Å². The highest BCUT2D eigenvalue weighted by Gasteiger charge is 2.33. The Labute approximate surface area is 263 Å². The van der Waals surface area contributed by atoms with E-state index in [1.807, 2.05) is 0 Å². The second-order valence-corrected chi connectivity index (χ2v) is 14.2. The van der Waals surface area contributed by atoms with E-state index < -0.39 is 0 Å². The fourth-order valence-corrected chi connectivity index (χ4v) is 6.67. The van der Waals surface area contributed by atoms with Crippen molar-refractivity contribution in [2.75, 3.05) is 0 Å². The van der Waals surface area contributed by atoms with E-state index in [4.69, 9.17) is 9.73 Å². The van der Waals surface area contributed by atoms with Crippen molar-refractivity contribution in [2.24, 2.45) is 22.7 Å². The van der Waals surface area contributed by atoms with E-state index in [2.05, 4.69) is 115 Å². The van der Waals surface area contributed by atoms with Crippen LogP contribution < -0.4 is 4.74 Å². The first kappa shape index (κ1) is 33.0. The monoisotopic (exact) mass is 579 g/mol. The van der Waals surface area contributed by atoms with Gasteiger partial charge in [-0.3, -0.25) is 0 Å². The lowest BCUT2D eigenvalue weighted by Gasteiger charge is -2.37. The predicted octanol–water partition coefficient (Wildman–Crippen LogP) is 12.0. The SMILES string of the molecule is Cc1c(N=C(c2ccccc2)c2ccccc2)cc2c(c1C)O[C@](C)(CCC[C@H](C)CCC[C@H](C)CCCC(C)C)CC2. The van der Waals surface area contributed by atoms with Gasteiger partial charge in [0, 0.05) is 11.1 Å². The molecular weight excluding hydrogens is 522 g/mol. The molecule has 0 aliphatic carbocycles. The van der Waals surface area contributed by atoms with Gasteiger partial charge >= 0.3 is 0 Å². The van der Waals surface area contributed by atoms with Gasteiger partial charge in [-0.25, -0.2) is 4.99 Å². The van der Waals surface area contributed by atoms with Crippen LogP contribution in [-0.2, 0) is 6.42 Å². The fourth-order valence-electron chi connectivity index (χ4n) is 6.67. The average Bonchev–Trinajstić information content (AvgIpc) is 2.99. The standard InChI is InChI=1S/C41H57NO/c1-30(2)17-14-18-31(3)19-15-20-32(4)21-16-27-41(7)28-26-37-29-38(33(5)34(6)40(37)43-41)42-39(35-22-10-8-11-23-35)36-24-12-9-13-25-36/h8-13,22-25,29-32H,14-21,26-28H2,1-7H3/t31-,32-,41-/m1/s1. The molecule has 0 unspecified atom stereocenters. The fraction of sp³-hybridized carbons (Fsp3) is 0.537. The van der Waals surface area contributed by atoms with Gasteiger partial charge in [0.15, 0.2) is 0 Å². The highest BCUT2D eigenvalue weighted by atomic mass is 16.5. The van der Waals surface area contributed by atoms with Gasteiger partial charge in [0.1, 0.15) is 11.4 Å². The second-order valence-electron chi connectivity index (χ2n) is 14.2. The number of hydrogen-bond donors (Lipinski definition) is 0. The highest BCUT2D eigenvalue weighted by Crippen LogP contribution is 2.43. The molecule has 0 spiro atoms. The maximum absolute atomic E-state index is 6.86. The molecule has 232 valence electrons. The van der Waals surface area contributed by atoms with Gasteiger partial charge in [-0.15, -0.1) is 0 Å². The van der Waals surface area contributed by atoms with Crippen molar-refractivity contribution in [1.82, 2.24) is 0 Å². The number of aryl methyl sites for hydroxylation is 1. The molecule has 0 saturated carbocycles. The molecule has 0 radical (unpaired) electrons. The van der Waals surface area contributed by atoms with Crippen LogP contribution in [0.15, 0.2) is 71.7 Å². The van der Waals surface area contributed by atoms with E-state index in [1.165, 1.54) is 68.1 Å². The summed E-state index contributed by atoms with van der Waals surface area (Å²) in [6, 6.07) is 23.4. The molecule has 3 atom stereocenters. The topological polar surface area (TPSA) is 21.6 Å². The van der Waals surface area contributed by atoms with Crippen LogP contribution in [-0.4, -0.2) is 11.3 Å². The number of rotatable bonds is 15. The first-order valence-corrected chi connectivity index (χ1v) is 17.2. The van der Waals surface area contributed by atoms with Crippen LogP contribution in [0.25, 0.3) is 0 Å². The molecule has 2 heteroatoms. The Morgan fingerprint density at radius 1 is 0.744 bits per heavy atom. The number of ether oxygens (including phenoxy) is 1. The quantitative estimate of drug-likeness (QED) is 0.164. The number of fused-ring (bicyclic) bond motifs is 1. The molecule has 1 aliphatic heterocycles. The Kier molecular flexibility index (Phi) is 12.1. The maximum atomic E-state index is 6.86. The highest BCUT2D eigenvalue weighted by molar-refractivity contribution is 6.14. The number of nitrogens with zero attached hydrogens (tertiary/aromatic N) is 1. The van der Waals surface area contributed by atoms with E-state index in [0.29, 0.717) is 0 Å². The van der Waals surface area contributed by atoms with Gasteiger partial charge in [0.2, 0.25) is 0 Å². The van der Waals surface area contributed by atoms with E-state index >= 15 is 0 Å². The lowest BCUT2D eigenvalue weighted by molar-refractivity contribution is 0.0516. The third-order valence-corrected chi connectivity index (χ3v) is 9.76. The number of benzene rings is 3. The maximum Gasteiger partial charge on any atom is 0.126 e. The molecule has 0 bridgehead atoms. The molecule has 1 aliphatic rings. The normalized spacial score (nSPS) is 17.7. The molecule has 0 fully saturated rings. The van der Waals surface area contributed by atoms with Crippen molar-refractivity contribution in [2.45, 2.75) is 125 Å². The Bertz CT molecular complexity index is 1270. The second kappa shape index (κ2) is 15.7. The summed E-state index contributed by atoms with van der Waals surface area (Å²) < 4.78 is 6.86. The molecule has 2 nitrogen and oxygen atoms in total. The summed E-state index contributed by atoms with van der Waals surface area (Å²) in [5.41, 5.74) is 8.00. The summed E-state index contributed by atoms with van der Waals surface area (Å²) in [5.74, 6) is 3.62. The predicted molar refractivity (Wildman–Crippen MR) is 186 cm³/mol. The van der Waals surface area contributed by atoms with Crippen LogP contribution in [0.3, 0.4) is 0 Å². The van der Waals surface area contributed by atoms with E-state index in [-0.39, 0.29) is 5.60 Å². The van der Waals surface area contributed by atoms with Crippen molar-refractivity contribution in [3.8, 4) is 5.75 Å². The minimum atomic E-state index is -0.0845. The molecule has 3 aromatic rings. The van der Waals surface area contributed by atoms with Gasteiger partial charge in [0.05, 0.1) is 11.4 Å². The average molecular weight is 580 g/mol. The molecular formula is C41H57NO. The Balaban J connectivity index is 1.36. The Morgan fingerprint density at radius 3 is 1.84 bits per heavy atom.